The van der Waals surface area contributed by atoms with Gasteiger partial charge in [0.15, 0.2) is 0 Å². The van der Waals surface area contributed by atoms with Gasteiger partial charge in [-0.2, -0.15) is 0 Å². The van der Waals surface area contributed by atoms with Crippen molar-refractivity contribution in [2.45, 2.75) is 0 Å². The molecule has 1 aromatic rings. The summed E-state index contributed by atoms with van der Waals surface area (Å²) in [5, 5.41) is -0.466. The Balaban J connectivity index is 1.71. The minimum absolute atomic E-state index is 0.299. The summed E-state index contributed by atoms with van der Waals surface area (Å²) in [5.41, 5.74) is 1.92. The molecule has 2 saturated heterocycles. The number of ether oxygens (including phenoxy) is 2. The summed E-state index contributed by atoms with van der Waals surface area (Å²) < 4.78 is 9.85. The maximum atomic E-state index is 12.3. The van der Waals surface area contributed by atoms with Crippen LogP contribution in [0, 0.1) is 0 Å². The Bertz CT molecular complexity index is 710. The van der Waals surface area contributed by atoms with Gasteiger partial charge in [0.1, 0.15) is 6.54 Å². The predicted molar refractivity (Wildman–Crippen MR) is 94.2 cm³/mol. The van der Waals surface area contributed by atoms with Gasteiger partial charge in [0.25, 0.3) is 11.1 Å². The molecule has 2 aliphatic rings. The van der Waals surface area contributed by atoms with Crippen molar-refractivity contribution in [3.8, 4) is 0 Å². The zero-order chi connectivity index (χ0) is 17.8. The summed E-state index contributed by atoms with van der Waals surface area (Å²) in [6.45, 7) is 2.77. The van der Waals surface area contributed by atoms with Crippen LogP contribution >= 0.6 is 11.8 Å². The van der Waals surface area contributed by atoms with E-state index in [-0.39, 0.29) is 6.54 Å². The number of esters is 1. The molecule has 8 heteroatoms. The third-order valence-corrected chi connectivity index (χ3v) is 4.86. The Labute approximate surface area is 149 Å². The van der Waals surface area contributed by atoms with Gasteiger partial charge in [-0.1, -0.05) is 12.1 Å². The lowest BCUT2D eigenvalue weighted by atomic mass is 10.1. The lowest BCUT2D eigenvalue weighted by Gasteiger charge is -2.28. The van der Waals surface area contributed by atoms with Gasteiger partial charge < -0.3 is 14.4 Å². The van der Waals surface area contributed by atoms with Crippen LogP contribution in [0.5, 0.6) is 0 Å². The highest BCUT2D eigenvalue weighted by Gasteiger charge is 2.36. The molecule has 0 aliphatic carbocycles. The number of methoxy groups -OCH3 is 1. The monoisotopic (exact) mass is 362 g/mol. The summed E-state index contributed by atoms with van der Waals surface area (Å²) in [6.07, 6.45) is 1.66. The highest BCUT2D eigenvalue weighted by Crippen LogP contribution is 2.32. The normalized spacial score (nSPS) is 19.6. The van der Waals surface area contributed by atoms with Crippen LogP contribution in [0.25, 0.3) is 6.08 Å². The number of nitrogens with zero attached hydrogens (tertiary/aromatic N) is 2. The minimum Gasteiger partial charge on any atom is -0.468 e. The Morgan fingerprint density at radius 3 is 2.56 bits per heavy atom. The fraction of sp³-hybridized carbons (Fsp3) is 0.353. The van der Waals surface area contributed by atoms with Crippen molar-refractivity contribution in [3.63, 3.8) is 0 Å². The van der Waals surface area contributed by atoms with Crippen LogP contribution in [-0.2, 0) is 19.1 Å². The van der Waals surface area contributed by atoms with Gasteiger partial charge >= 0.3 is 5.97 Å². The molecule has 0 radical (unpaired) electrons. The quantitative estimate of drug-likeness (QED) is 0.596. The SMILES string of the molecule is COC(=O)CN1C(=O)SC(=Cc2ccc(N3CCOCC3)cc2)C1=O. The van der Waals surface area contributed by atoms with Crippen LogP contribution in [0.4, 0.5) is 10.5 Å². The van der Waals surface area contributed by atoms with Gasteiger partial charge in [0.2, 0.25) is 0 Å². The average Bonchev–Trinajstić information content (AvgIpc) is 2.90. The molecule has 0 spiro atoms. The van der Waals surface area contributed by atoms with E-state index in [9.17, 15) is 14.4 Å². The second kappa shape index (κ2) is 7.71. The number of thioether (sulfide) groups is 1. The van der Waals surface area contributed by atoms with Crippen LogP contribution in [0.2, 0.25) is 0 Å². The maximum absolute atomic E-state index is 12.3. The molecule has 7 nitrogen and oxygen atoms in total. The van der Waals surface area contributed by atoms with Crippen molar-refractivity contribution in [2.24, 2.45) is 0 Å². The van der Waals surface area contributed by atoms with Gasteiger partial charge in [-0.15, -0.1) is 0 Å². The molecule has 0 bridgehead atoms. The number of hydrogen-bond acceptors (Lipinski definition) is 7. The third kappa shape index (κ3) is 4.02. The standard InChI is InChI=1S/C17H18N2O5S/c1-23-15(20)11-19-16(21)14(25-17(19)22)10-12-2-4-13(5-3-12)18-6-8-24-9-7-18/h2-5,10H,6-9,11H2,1H3. The number of imide groups is 1. The Kier molecular flexibility index (Phi) is 5.40. The van der Waals surface area contributed by atoms with Gasteiger partial charge in [-0.3, -0.25) is 19.3 Å². The van der Waals surface area contributed by atoms with E-state index < -0.39 is 17.1 Å². The molecule has 1 aromatic carbocycles. The minimum atomic E-state index is -0.626. The molecule has 2 aliphatic heterocycles. The van der Waals surface area contributed by atoms with Crippen LogP contribution < -0.4 is 4.90 Å². The largest absolute Gasteiger partial charge is 0.468 e. The number of benzene rings is 1. The van der Waals surface area contributed by atoms with Crippen LogP contribution in [-0.4, -0.2) is 62.0 Å². The molecule has 0 atom stereocenters. The molecule has 2 heterocycles. The molecule has 0 aromatic heterocycles. The molecule has 0 saturated carbocycles. The number of hydrogen-bond donors (Lipinski definition) is 0. The first kappa shape index (κ1) is 17.5. The molecule has 0 unspecified atom stereocenters. The molecule has 25 heavy (non-hydrogen) atoms. The summed E-state index contributed by atoms with van der Waals surface area (Å²) in [4.78, 5) is 38.9. The Morgan fingerprint density at radius 1 is 1.24 bits per heavy atom. The molecule has 2 fully saturated rings. The number of rotatable bonds is 4. The first-order valence-corrected chi connectivity index (χ1v) is 8.65. The van der Waals surface area contributed by atoms with E-state index in [4.69, 9.17) is 4.74 Å². The Morgan fingerprint density at radius 2 is 1.92 bits per heavy atom. The number of carbonyl (C=O) groups is 3. The van der Waals surface area contributed by atoms with E-state index in [1.807, 2.05) is 24.3 Å². The molecular formula is C17H18N2O5S. The van der Waals surface area contributed by atoms with Gasteiger partial charge in [0, 0.05) is 18.8 Å². The van der Waals surface area contributed by atoms with Crippen molar-refractivity contribution in [3.05, 3.63) is 34.7 Å². The van der Waals surface area contributed by atoms with E-state index in [0.717, 1.165) is 54.2 Å². The van der Waals surface area contributed by atoms with Crippen molar-refractivity contribution in [1.29, 1.82) is 0 Å². The maximum Gasteiger partial charge on any atom is 0.325 e. The zero-order valence-corrected chi connectivity index (χ0v) is 14.6. The summed E-state index contributed by atoms with van der Waals surface area (Å²) in [6, 6.07) is 7.77. The number of morpholine rings is 1. The Hall–Kier alpha value is -2.32. The lowest BCUT2D eigenvalue weighted by Crippen LogP contribution is -2.36. The summed E-state index contributed by atoms with van der Waals surface area (Å²) in [5.74, 6) is -1.10. The molecule has 0 N–H and O–H groups in total. The van der Waals surface area contributed by atoms with Gasteiger partial charge in [-0.25, -0.2) is 0 Å². The zero-order valence-electron chi connectivity index (χ0n) is 13.8. The fourth-order valence-corrected chi connectivity index (χ4v) is 3.42. The number of amides is 2. The highest BCUT2D eigenvalue weighted by molar-refractivity contribution is 8.18. The smallest absolute Gasteiger partial charge is 0.325 e. The van der Waals surface area contributed by atoms with E-state index in [1.165, 1.54) is 7.11 Å². The van der Waals surface area contributed by atoms with Crippen LogP contribution in [0.3, 0.4) is 0 Å². The number of anilines is 1. The predicted octanol–water partition coefficient (Wildman–Crippen LogP) is 1.73. The van der Waals surface area contributed by atoms with Crippen LogP contribution in [0.1, 0.15) is 5.56 Å². The molecule has 132 valence electrons. The van der Waals surface area contributed by atoms with Crippen LogP contribution in [0.15, 0.2) is 29.2 Å². The molecule has 2 amide bonds. The van der Waals surface area contributed by atoms with Crippen molar-refractivity contribution in [1.82, 2.24) is 4.90 Å². The van der Waals surface area contributed by atoms with Crippen molar-refractivity contribution < 1.29 is 23.9 Å². The van der Waals surface area contributed by atoms with E-state index in [1.54, 1.807) is 6.08 Å². The van der Waals surface area contributed by atoms with E-state index in [2.05, 4.69) is 9.64 Å². The second-order valence-electron chi connectivity index (χ2n) is 5.53. The fourth-order valence-electron chi connectivity index (χ4n) is 2.58. The summed E-state index contributed by atoms with van der Waals surface area (Å²) >= 11 is 0.825. The van der Waals surface area contributed by atoms with E-state index in [0.29, 0.717) is 4.91 Å². The molecule has 3 rings (SSSR count). The van der Waals surface area contributed by atoms with Crippen molar-refractivity contribution in [2.75, 3.05) is 44.9 Å². The van der Waals surface area contributed by atoms with E-state index >= 15 is 0 Å². The first-order chi connectivity index (χ1) is 12.1. The molecular weight excluding hydrogens is 344 g/mol. The second-order valence-corrected chi connectivity index (χ2v) is 6.53. The van der Waals surface area contributed by atoms with Gasteiger partial charge in [-0.05, 0) is 35.5 Å². The average molecular weight is 362 g/mol. The lowest BCUT2D eigenvalue weighted by molar-refractivity contribution is -0.143. The summed E-state index contributed by atoms with van der Waals surface area (Å²) in [7, 11) is 1.22. The number of carbonyl (C=O) groups excluding carboxylic acids is 3. The topological polar surface area (TPSA) is 76.2 Å². The van der Waals surface area contributed by atoms with Gasteiger partial charge in [0.05, 0.1) is 25.2 Å². The highest BCUT2D eigenvalue weighted by atomic mass is 32.2. The van der Waals surface area contributed by atoms with Crippen molar-refractivity contribution >= 4 is 40.6 Å². The first-order valence-electron chi connectivity index (χ1n) is 7.83. The third-order valence-electron chi connectivity index (χ3n) is 3.96.